The Morgan fingerprint density at radius 2 is 0.816 bits per heavy atom. The molecule has 11 rings (SSSR count). The summed E-state index contributed by atoms with van der Waals surface area (Å²) in [6.45, 7) is 0. The zero-order chi connectivity index (χ0) is 51.1. The van der Waals surface area contributed by atoms with Crippen LogP contribution in [-0.2, 0) is 0 Å². The Hall–Kier alpha value is -6.34. The van der Waals surface area contributed by atoms with Crippen molar-refractivity contribution in [2.45, 2.75) is 172 Å². The van der Waals surface area contributed by atoms with Gasteiger partial charge >= 0.3 is 0 Å². The Morgan fingerprint density at radius 3 is 1.34 bits per heavy atom. The Labute approximate surface area is 458 Å². The largest absolute Gasteiger partial charge is 0.311 e. The van der Waals surface area contributed by atoms with E-state index in [2.05, 4.69) is 204 Å². The first-order valence-corrected chi connectivity index (χ1v) is 30.4. The van der Waals surface area contributed by atoms with Crippen LogP contribution in [0.5, 0.6) is 0 Å². The summed E-state index contributed by atoms with van der Waals surface area (Å²) in [6.07, 6.45) is 66.4. The minimum atomic E-state index is 0.681. The second-order valence-electron chi connectivity index (χ2n) is 23.4. The maximum absolute atomic E-state index is 3.67. The van der Waals surface area contributed by atoms with Crippen LogP contribution < -0.4 is 9.80 Å². The van der Waals surface area contributed by atoms with Gasteiger partial charge in [-0.15, -0.1) is 0 Å². The van der Waals surface area contributed by atoms with Gasteiger partial charge in [-0.05, 0) is 212 Å². The molecule has 0 spiro atoms. The summed E-state index contributed by atoms with van der Waals surface area (Å²) >= 11 is 0. The molecule has 0 saturated heterocycles. The first-order valence-electron chi connectivity index (χ1n) is 30.4. The minimum Gasteiger partial charge on any atom is -0.311 e. The lowest BCUT2D eigenvalue weighted by Gasteiger charge is -2.28. The Morgan fingerprint density at radius 1 is 0.382 bits per heavy atom. The van der Waals surface area contributed by atoms with Gasteiger partial charge in [-0.1, -0.05) is 205 Å². The van der Waals surface area contributed by atoms with Gasteiger partial charge in [0.25, 0.3) is 0 Å². The first-order chi connectivity index (χ1) is 37.7. The van der Waals surface area contributed by atoms with Crippen molar-refractivity contribution in [1.29, 1.82) is 0 Å². The quantitative estimate of drug-likeness (QED) is 0.0917. The molecule has 76 heavy (non-hydrogen) atoms. The Bertz CT molecular complexity index is 2830. The van der Waals surface area contributed by atoms with Crippen molar-refractivity contribution in [2.24, 2.45) is 11.8 Å². The van der Waals surface area contributed by atoms with Crippen LogP contribution in [0.25, 0.3) is 6.08 Å². The highest BCUT2D eigenvalue weighted by atomic mass is 15.2. The number of benzene rings is 4. The molecule has 0 aromatic heterocycles. The molecular weight excluding hydrogens is 917 g/mol. The van der Waals surface area contributed by atoms with E-state index in [-0.39, 0.29) is 0 Å². The molecule has 0 aliphatic heterocycles. The number of nitrogens with zero attached hydrogens (tertiary/aromatic N) is 2. The number of anilines is 4. The normalized spacial score (nSPS) is 21.5. The summed E-state index contributed by atoms with van der Waals surface area (Å²) in [4.78, 5) is 4.90. The molecule has 7 aliphatic carbocycles. The molecule has 0 N–H and O–H groups in total. The third-order valence-corrected chi connectivity index (χ3v) is 18.3. The lowest BCUT2D eigenvalue weighted by molar-refractivity contribution is 0.337. The fourth-order valence-corrected chi connectivity index (χ4v) is 13.8. The molecule has 2 nitrogen and oxygen atoms in total. The lowest BCUT2D eigenvalue weighted by Crippen LogP contribution is -2.15. The molecular formula is C74H84N2. The third-order valence-electron chi connectivity index (χ3n) is 18.3. The number of hydrogen-bond donors (Lipinski definition) is 0. The summed E-state index contributed by atoms with van der Waals surface area (Å²) in [6, 6.07) is 37.8. The molecule has 4 aromatic rings. The smallest absolute Gasteiger partial charge is 0.0890 e. The molecule has 4 saturated carbocycles. The number of hydrogen-bond acceptors (Lipinski definition) is 2. The van der Waals surface area contributed by atoms with Gasteiger partial charge in [-0.3, -0.25) is 0 Å². The van der Waals surface area contributed by atoms with E-state index >= 15 is 0 Å². The van der Waals surface area contributed by atoms with Crippen molar-refractivity contribution in [3.8, 4) is 0 Å². The van der Waals surface area contributed by atoms with Crippen molar-refractivity contribution in [3.05, 3.63) is 238 Å². The van der Waals surface area contributed by atoms with E-state index in [1.165, 1.54) is 203 Å². The fourth-order valence-electron chi connectivity index (χ4n) is 13.8. The van der Waals surface area contributed by atoms with E-state index in [9.17, 15) is 0 Å². The van der Waals surface area contributed by atoms with Gasteiger partial charge in [0.05, 0.1) is 5.70 Å². The van der Waals surface area contributed by atoms with Gasteiger partial charge < -0.3 is 9.80 Å². The average molecular weight is 1000 g/mol. The van der Waals surface area contributed by atoms with Crippen molar-refractivity contribution >= 4 is 28.8 Å². The first kappa shape index (κ1) is 51.8. The molecule has 4 fully saturated rings. The average Bonchev–Trinajstić information content (AvgIpc) is 4.09. The molecule has 1 unspecified atom stereocenters. The van der Waals surface area contributed by atoms with Crippen molar-refractivity contribution in [2.75, 3.05) is 9.80 Å². The van der Waals surface area contributed by atoms with Crippen LogP contribution in [0.3, 0.4) is 0 Å². The predicted molar refractivity (Wildman–Crippen MR) is 326 cm³/mol. The Kier molecular flexibility index (Phi) is 17.8. The van der Waals surface area contributed by atoms with Crippen molar-refractivity contribution < 1.29 is 0 Å². The molecule has 1 atom stereocenters. The lowest BCUT2D eigenvalue weighted by atomic mass is 9.83. The van der Waals surface area contributed by atoms with E-state index in [0.29, 0.717) is 23.7 Å². The second kappa shape index (κ2) is 26.1. The van der Waals surface area contributed by atoms with E-state index in [1.807, 2.05) is 0 Å². The molecule has 0 bridgehead atoms. The summed E-state index contributed by atoms with van der Waals surface area (Å²) < 4.78 is 0. The number of rotatable bonds is 14. The van der Waals surface area contributed by atoms with Crippen LogP contribution >= 0.6 is 0 Å². The van der Waals surface area contributed by atoms with Crippen LogP contribution in [0.4, 0.5) is 22.7 Å². The van der Waals surface area contributed by atoms with Gasteiger partial charge in [-0.2, -0.15) is 0 Å². The van der Waals surface area contributed by atoms with Gasteiger partial charge in [0.2, 0.25) is 0 Å². The highest BCUT2D eigenvalue weighted by Crippen LogP contribution is 2.41. The third kappa shape index (κ3) is 13.4. The summed E-state index contributed by atoms with van der Waals surface area (Å²) in [7, 11) is 0. The Balaban J connectivity index is 0.749. The van der Waals surface area contributed by atoms with Crippen molar-refractivity contribution in [3.63, 3.8) is 0 Å². The maximum atomic E-state index is 3.67. The zero-order valence-electron chi connectivity index (χ0n) is 45.6. The van der Waals surface area contributed by atoms with E-state index in [0.717, 1.165) is 30.0 Å². The zero-order valence-corrected chi connectivity index (χ0v) is 45.6. The van der Waals surface area contributed by atoms with Crippen LogP contribution in [0, 0.1) is 11.8 Å². The maximum Gasteiger partial charge on any atom is 0.0890 e. The minimum absolute atomic E-state index is 0.681. The fraction of sp³-hybridized carbons (Fsp3) is 0.392. The monoisotopic (exact) mass is 1000 g/mol. The highest BCUT2D eigenvalue weighted by Gasteiger charge is 2.25. The van der Waals surface area contributed by atoms with Crippen LogP contribution in [0.15, 0.2) is 216 Å². The summed E-state index contributed by atoms with van der Waals surface area (Å²) in [5.41, 5.74) is 20.2. The standard InChI is InChI=1S/C74H84N2/c1-2-7-21-61(20-6-1)65-28-16-30-70(50-40-65)76(74-55-45-68(46-56-74)64-26-12-5-13-27-64)71-48-38-60(39-49-71)36-35-58-18-14-17-57(31-32-58)33-34-59-19-15-29-69(47-37-59)75(72-51-41-66(42-52-72)62-22-8-3-9-23-62)73-53-43-67(44-54-73)63-24-10-4-11-25-63/h15,17-19,30-56,61-65H,1-14,16,20-28H2/b34-33+,36-35+. The van der Waals surface area contributed by atoms with E-state index < -0.39 is 0 Å². The van der Waals surface area contributed by atoms with E-state index in [1.54, 1.807) is 0 Å². The molecule has 2 heteroatoms. The summed E-state index contributed by atoms with van der Waals surface area (Å²) in [5, 5.41) is 0. The second-order valence-corrected chi connectivity index (χ2v) is 23.4. The molecule has 0 heterocycles. The highest BCUT2D eigenvalue weighted by molar-refractivity contribution is 5.73. The molecule has 390 valence electrons. The SMILES string of the molecule is C1=CC=C(/C=C/C2=CCC=C(/C=C/c3ccc(N(C4=CCCC(C5CCCCCC5)C=C4)c4ccc(C5CCCCC5)cc4)cc3)C=C2)C=CC=1N(c1ccc(C2CCCCC2)cc1)c1ccc(C2CCCCC2)cc1. The molecule has 4 aromatic carbocycles. The van der Waals surface area contributed by atoms with Crippen LogP contribution in [0.2, 0.25) is 0 Å². The van der Waals surface area contributed by atoms with Crippen molar-refractivity contribution in [1.82, 2.24) is 0 Å². The summed E-state index contributed by atoms with van der Waals surface area (Å²) in [5.74, 6) is 3.60. The van der Waals surface area contributed by atoms with Gasteiger partial charge in [-0.25, -0.2) is 0 Å². The van der Waals surface area contributed by atoms with Crippen LogP contribution in [-0.4, -0.2) is 0 Å². The van der Waals surface area contributed by atoms with Gasteiger partial charge in [0.15, 0.2) is 0 Å². The van der Waals surface area contributed by atoms with Crippen LogP contribution in [0.1, 0.15) is 194 Å². The number of allylic oxidation sites excluding steroid dienone is 16. The molecule has 7 aliphatic rings. The molecule has 0 radical (unpaired) electrons. The predicted octanol–water partition coefficient (Wildman–Crippen LogP) is 21.5. The van der Waals surface area contributed by atoms with Gasteiger partial charge in [0, 0.05) is 28.4 Å². The van der Waals surface area contributed by atoms with Gasteiger partial charge in [0.1, 0.15) is 0 Å². The van der Waals surface area contributed by atoms with E-state index in [4.69, 9.17) is 0 Å². The molecule has 0 amide bonds. The topological polar surface area (TPSA) is 6.48 Å².